The average molecular weight is 611 g/mol. The predicted octanol–water partition coefficient (Wildman–Crippen LogP) is 7.41. The number of rotatable bonds is 4. The highest BCUT2D eigenvalue weighted by molar-refractivity contribution is 6.06. The molecule has 9 nitrogen and oxygen atoms in total. The van der Waals surface area contributed by atoms with E-state index < -0.39 is 5.92 Å². The maximum Gasteiger partial charge on any atom is 0.136 e. The molecule has 0 aliphatic rings. The highest BCUT2D eigenvalue weighted by Gasteiger charge is 2.31. The van der Waals surface area contributed by atoms with Gasteiger partial charge >= 0.3 is 0 Å². The van der Waals surface area contributed by atoms with Gasteiger partial charge in [0.05, 0.1) is 93.1 Å². The lowest BCUT2D eigenvalue weighted by Crippen LogP contribution is -2.13. The quantitative estimate of drug-likeness (QED) is 0.182. The number of para-hydroxylation sites is 1. The van der Waals surface area contributed by atoms with Gasteiger partial charge in [-0.2, -0.15) is 42.1 Å². The Morgan fingerprint density at radius 1 is 0.438 bits per heavy atom. The van der Waals surface area contributed by atoms with Gasteiger partial charge in [0.2, 0.25) is 0 Å². The van der Waals surface area contributed by atoms with Crippen molar-refractivity contribution in [2.45, 2.75) is 5.92 Å². The second-order valence-electron chi connectivity index (χ2n) is 10.6. The minimum Gasteiger partial charge on any atom is -0.456 e. The first-order chi connectivity index (χ1) is 23.4. The van der Waals surface area contributed by atoms with Gasteiger partial charge in [-0.3, -0.25) is 0 Å². The third kappa shape index (κ3) is 4.76. The van der Waals surface area contributed by atoms with Crippen LogP contribution in [0.15, 0.2) is 83.3 Å². The lowest BCUT2D eigenvalue weighted by Gasteiger charge is -2.24. The van der Waals surface area contributed by atoms with Crippen LogP contribution in [-0.4, -0.2) is 0 Å². The van der Waals surface area contributed by atoms with Crippen molar-refractivity contribution in [3.05, 3.63) is 140 Å². The number of fused-ring (bicyclic) bond motifs is 3. The third-order valence-corrected chi connectivity index (χ3v) is 8.08. The molecule has 6 rings (SSSR count). The molecule has 0 saturated carbocycles. The maximum absolute atomic E-state index is 10.5. The van der Waals surface area contributed by atoms with E-state index in [2.05, 4.69) is 12.1 Å². The van der Waals surface area contributed by atoms with E-state index >= 15 is 0 Å². The van der Waals surface area contributed by atoms with Crippen molar-refractivity contribution in [2.75, 3.05) is 0 Å². The summed E-state index contributed by atoms with van der Waals surface area (Å²) < 4.78 is 6.04. The molecule has 0 bridgehead atoms. The number of hydrogen-bond acceptors (Lipinski definition) is 9. The van der Waals surface area contributed by atoms with Crippen LogP contribution in [0.2, 0.25) is 0 Å². The summed E-state index contributed by atoms with van der Waals surface area (Å²) in [6.07, 6.45) is 0. The first kappa shape index (κ1) is 29.9. The molecule has 1 aromatic heterocycles. The Morgan fingerprint density at radius 2 is 0.896 bits per heavy atom. The zero-order chi connectivity index (χ0) is 33.9. The van der Waals surface area contributed by atoms with Gasteiger partial charge in [0.25, 0.3) is 0 Å². The molecular formula is C39H14N8O. The van der Waals surface area contributed by atoms with Gasteiger partial charge in [0.1, 0.15) is 11.2 Å². The van der Waals surface area contributed by atoms with Crippen LogP contribution in [-0.2, 0) is 0 Å². The fourth-order valence-electron chi connectivity index (χ4n) is 6.11. The summed E-state index contributed by atoms with van der Waals surface area (Å²) in [5.74, 6) is -1.22. The number of furan rings is 1. The van der Waals surface area contributed by atoms with Crippen LogP contribution in [0.3, 0.4) is 0 Å². The smallest absolute Gasteiger partial charge is 0.136 e. The number of nitrogens with zero attached hydrogens (tertiary/aromatic N) is 8. The van der Waals surface area contributed by atoms with Crippen LogP contribution in [0.1, 0.15) is 67.1 Å². The molecule has 0 amide bonds. The van der Waals surface area contributed by atoms with E-state index in [-0.39, 0.29) is 61.2 Å². The third-order valence-electron chi connectivity index (χ3n) is 8.08. The molecule has 0 N–H and O–H groups in total. The Bertz CT molecular complexity index is 2530. The van der Waals surface area contributed by atoms with Gasteiger partial charge in [0.15, 0.2) is 0 Å². The molecule has 48 heavy (non-hydrogen) atoms. The largest absolute Gasteiger partial charge is 0.456 e. The molecule has 216 valence electrons. The second kappa shape index (κ2) is 12.1. The topological polar surface area (TPSA) is 203 Å². The van der Waals surface area contributed by atoms with Gasteiger partial charge in [-0.25, -0.2) is 0 Å². The van der Waals surface area contributed by atoms with Gasteiger partial charge in [-0.1, -0.05) is 24.3 Å². The molecule has 6 aromatic rings. The van der Waals surface area contributed by atoms with Crippen molar-refractivity contribution in [2.24, 2.45) is 0 Å². The summed E-state index contributed by atoms with van der Waals surface area (Å²) in [6, 6.07) is 37.3. The first-order valence-electron chi connectivity index (χ1n) is 14.1. The van der Waals surface area contributed by atoms with Crippen LogP contribution < -0.4 is 0 Å². The van der Waals surface area contributed by atoms with E-state index in [1.807, 2.05) is 66.7 Å². The van der Waals surface area contributed by atoms with Crippen molar-refractivity contribution in [1.29, 1.82) is 42.1 Å². The van der Waals surface area contributed by atoms with Crippen LogP contribution in [0.25, 0.3) is 33.1 Å². The average Bonchev–Trinajstić information content (AvgIpc) is 3.51. The molecular weight excluding hydrogens is 596 g/mol. The molecule has 0 spiro atoms. The zero-order valence-corrected chi connectivity index (χ0v) is 24.6. The molecule has 0 radical (unpaired) electrons. The highest BCUT2D eigenvalue weighted by atomic mass is 16.3. The van der Waals surface area contributed by atoms with Crippen LogP contribution >= 0.6 is 0 Å². The van der Waals surface area contributed by atoms with Gasteiger partial charge in [0, 0.05) is 22.3 Å². The fraction of sp³-hybridized carbons (Fsp3) is 0.0256. The van der Waals surface area contributed by atoms with Crippen LogP contribution in [0.4, 0.5) is 0 Å². The molecule has 9 heteroatoms. The number of nitriles is 8. The molecule has 0 aliphatic carbocycles. The van der Waals surface area contributed by atoms with E-state index in [9.17, 15) is 42.1 Å². The maximum atomic E-state index is 10.5. The van der Waals surface area contributed by atoms with Crippen molar-refractivity contribution in [3.8, 4) is 59.7 Å². The summed E-state index contributed by atoms with van der Waals surface area (Å²) in [5.41, 5.74) is 2.34. The van der Waals surface area contributed by atoms with Crippen molar-refractivity contribution in [1.82, 2.24) is 0 Å². The molecule has 0 atom stereocenters. The minimum atomic E-state index is -1.22. The van der Waals surface area contributed by atoms with E-state index in [4.69, 9.17) is 4.42 Å². The summed E-state index contributed by atoms with van der Waals surface area (Å²) in [5, 5.41) is 82.7. The Morgan fingerprint density at radius 3 is 1.35 bits per heavy atom. The summed E-state index contributed by atoms with van der Waals surface area (Å²) >= 11 is 0. The van der Waals surface area contributed by atoms with Crippen molar-refractivity contribution in [3.63, 3.8) is 0 Å². The second-order valence-corrected chi connectivity index (χ2v) is 10.6. The minimum absolute atomic E-state index is 0.0400. The summed E-state index contributed by atoms with van der Waals surface area (Å²) in [6.45, 7) is 0. The molecule has 0 saturated heterocycles. The van der Waals surface area contributed by atoms with E-state index in [0.717, 1.165) is 10.8 Å². The van der Waals surface area contributed by atoms with E-state index in [1.165, 1.54) is 36.4 Å². The monoisotopic (exact) mass is 610 g/mol. The summed E-state index contributed by atoms with van der Waals surface area (Å²) in [7, 11) is 0. The zero-order valence-electron chi connectivity index (χ0n) is 24.6. The lowest BCUT2D eigenvalue weighted by atomic mass is 9.75. The Labute approximate surface area is 273 Å². The lowest BCUT2D eigenvalue weighted by molar-refractivity contribution is 0.669. The molecule has 0 unspecified atom stereocenters. The van der Waals surface area contributed by atoms with Crippen molar-refractivity contribution < 1.29 is 4.42 Å². The normalized spacial score (nSPS) is 10.1. The van der Waals surface area contributed by atoms with Gasteiger partial charge in [-0.05, 0) is 76.9 Å². The van der Waals surface area contributed by atoms with E-state index in [1.54, 1.807) is 12.1 Å². The summed E-state index contributed by atoms with van der Waals surface area (Å²) in [4.78, 5) is 0. The molecule has 1 heterocycles. The molecule has 5 aromatic carbocycles. The Hall–Kier alpha value is -8.18. The van der Waals surface area contributed by atoms with Crippen LogP contribution in [0, 0.1) is 90.6 Å². The predicted molar refractivity (Wildman–Crippen MR) is 171 cm³/mol. The SMILES string of the molecule is N#Cc1cc(C#N)c(C(c2cc(C#N)c(-c3ccc4c(c3)oc3ccccc34)c(C#N)c2)c2c(C#N)cc(C#N)cc2C#N)c(C#N)c1. The fourth-order valence-corrected chi connectivity index (χ4v) is 6.11. The molecule has 0 fully saturated rings. The van der Waals surface area contributed by atoms with Gasteiger partial charge in [-0.15, -0.1) is 0 Å². The van der Waals surface area contributed by atoms with Crippen molar-refractivity contribution >= 4 is 21.9 Å². The van der Waals surface area contributed by atoms with Crippen LogP contribution in [0.5, 0.6) is 0 Å². The van der Waals surface area contributed by atoms with E-state index in [0.29, 0.717) is 22.3 Å². The molecule has 0 aliphatic heterocycles. The van der Waals surface area contributed by atoms with Gasteiger partial charge < -0.3 is 4.42 Å². The highest BCUT2D eigenvalue weighted by Crippen LogP contribution is 2.43. The Balaban J connectivity index is 1.70. The standard InChI is InChI=1S/C39H14N8O/c40-14-22-7-26(16-42)37(27(8-22)17-43)39(38-28(18-44)9-23(15-41)10-29(38)19-45)25-11-30(20-46)36(31(12-25)21-47)24-5-6-33-32-3-1-2-4-34(32)48-35(33)13-24/h1-13,39H. The Kier molecular flexibility index (Phi) is 7.51. The number of benzene rings is 5. The number of hydrogen-bond donors (Lipinski definition) is 0. The first-order valence-corrected chi connectivity index (χ1v) is 14.1.